The van der Waals surface area contributed by atoms with Crippen LogP contribution in [-0.4, -0.2) is 32.4 Å². The van der Waals surface area contributed by atoms with Crippen LogP contribution < -0.4 is 5.56 Å². The molecule has 3 aromatic rings. The van der Waals surface area contributed by atoms with Gasteiger partial charge in [0.15, 0.2) is 0 Å². The number of nitrogens with zero attached hydrogens (tertiary/aromatic N) is 4. The van der Waals surface area contributed by atoms with Gasteiger partial charge in [-0.3, -0.25) is 14.6 Å². The minimum atomic E-state index is -0.129. The molecule has 0 unspecified atom stereocenters. The normalized spacial score (nSPS) is 10.9. The van der Waals surface area contributed by atoms with Crippen LogP contribution in [0.4, 0.5) is 0 Å². The van der Waals surface area contributed by atoms with Crippen LogP contribution in [0, 0.1) is 6.92 Å². The molecular formula is C16H16N4O2S. The minimum Gasteiger partial charge on any atom is -0.335 e. The Morgan fingerprint density at radius 3 is 2.83 bits per heavy atom. The molecule has 0 fully saturated rings. The molecule has 0 aromatic carbocycles. The van der Waals surface area contributed by atoms with Gasteiger partial charge in [-0.1, -0.05) is 6.07 Å². The van der Waals surface area contributed by atoms with Crippen molar-refractivity contribution in [3.63, 3.8) is 0 Å². The molecule has 0 aliphatic carbocycles. The van der Waals surface area contributed by atoms with E-state index in [0.717, 1.165) is 5.69 Å². The fourth-order valence-corrected chi connectivity index (χ4v) is 3.53. The number of fused-ring (bicyclic) bond motifs is 1. The van der Waals surface area contributed by atoms with Crippen molar-refractivity contribution >= 4 is 27.5 Å². The highest BCUT2D eigenvalue weighted by Gasteiger charge is 2.21. The molecule has 0 bridgehead atoms. The Kier molecular flexibility index (Phi) is 3.96. The molecule has 23 heavy (non-hydrogen) atoms. The molecule has 6 nitrogen and oxygen atoms in total. The van der Waals surface area contributed by atoms with Crippen molar-refractivity contribution in [2.45, 2.75) is 13.5 Å². The molecule has 0 saturated heterocycles. The first-order valence-electron chi connectivity index (χ1n) is 7.09. The zero-order valence-electron chi connectivity index (χ0n) is 13.1. The average Bonchev–Trinajstić information content (AvgIpc) is 2.88. The lowest BCUT2D eigenvalue weighted by Crippen LogP contribution is -2.26. The highest BCUT2D eigenvalue weighted by molar-refractivity contribution is 7.20. The summed E-state index contributed by atoms with van der Waals surface area (Å²) in [5.41, 5.74) is 1.38. The molecule has 0 aliphatic heterocycles. The third-order valence-electron chi connectivity index (χ3n) is 3.68. The number of pyridine rings is 1. The summed E-state index contributed by atoms with van der Waals surface area (Å²) in [5, 5.41) is 0.523. The third kappa shape index (κ3) is 2.75. The van der Waals surface area contributed by atoms with E-state index in [2.05, 4.69) is 9.97 Å². The Bertz CT molecular complexity index is 930. The Balaban J connectivity index is 1.96. The van der Waals surface area contributed by atoms with Crippen molar-refractivity contribution < 1.29 is 4.79 Å². The second kappa shape index (κ2) is 5.92. The molecule has 7 heteroatoms. The molecule has 3 rings (SSSR count). The van der Waals surface area contributed by atoms with E-state index in [1.807, 2.05) is 18.2 Å². The van der Waals surface area contributed by atoms with E-state index in [4.69, 9.17) is 0 Å². The Hall–Kier alpha value is -2.54. The van der Waals surface area contributed by atoms with Crippen LogP contribution in [0.25, 0.3) is 10.2 Å². The zero-order chi connectivity index (χ0) is 16.6. The van der Waals surface area contributed by atoms with Crippen LogP contribution in [0.3, 0.4) is 0 Å². The zero-order valence-corrected chi connectivity index (χ0v) is 13.9. The molecule has 0 N–H and O–H groups in total. The first kappa shape index (κ1) is 15.4. The molecule has 0 spiro atoms. The maximum atomic E-state index is 12.7. The summed E-state index contributed by atoms with van der Waals surface area (Å²) in [6.45, 7) is 2.21. The number of aryl methyl sites for hydroxylation is 2. The maximum absolute atomic E-state index is 12.7. The van der Waals surface area contributed by atoms with Gasteiger partial charge in [0.2, 0.25) is 0 Å². The van der Waals surface area contributed by atoms with Crippen LogP contribution in [0.1, 0.15) is 20.9 Å². The molecule has 118 valence electrons. The van der Waals surface area contributed by atoms with E-state index in [0.29, 0.717) is 27.2 Å². The van der Waals surface area contributed by atoms with Gasteiger partial charge >= 0.3 is 0 Å². The molecule has 1 amide bonds. The van der Waals surface area contributed by atoms with Crippen LogP contribution in [-0.2, 0) is 13.6 Å². The molecule has 3 heterocycles. The number of aromatic nitrogens is 3. The number of hydrogen-bond donors (Lipinski definition) is 0. The van der Waals surface area contributed by atoms with Gasteiger partial charge in [-0.25, -0.2) is 4.98 Å². The number of carbonyl (C=O) groups is 1. The quantitative estimate of drug-likeness (QED) is 0.737. The first-order valence-corrected chi connectivity index (χ1v) is 7.90. The van der Waals surface area contributed by atoms with E-state index < -0.39 is 0 Å². The highest BCUT2D eigenvalue weighted by atomic mass is 32.1. The smallest absolute Gasteiger partial charge is 0.264 e. The van der Waals surface area contributed by atoms with Gasteiger partial charge in [0.25, 0.3) is 11.5 Å². The first-order chi connectivity index (χ1) is 11.0. The summed E-state index contributed by atoms with van der Waals surface area (Å²) in [4.78, 5) is 36.2. The molecule has 0 atom stereocenters. The van der Waals surface area contributed by atoms with Crippen LogP contribution in [0.5, 0.6) is 0 Å². The Morgan fingerprint density at radius 1 is 1.35 bits per heavy atom. The van der Waals surface area contributed by atoms with E-state index in [1.54, 1.807) is 32.1 Å². The van der Waals surface area contributed by atoms with Gasteiger partial charge in [-0.15, -0.1) is 11.3 Å². The van der Waals surface area contributed by atoms with Gasteiger partial charge in [0, 0.05) is 20.3 Å². The minimum absolute atomic E-state index is 0.127. The van der Waals surface area contributed by atoms with Gasteiger partial charge in [0.1, 0.15) is 4.83 Å². The standard InChI is InChI=1S/C16H16N4O2S/c1-10-12-14(18-9-20(3)15(12)21)23-13(10)16(22)19(2)8-11-6-4-5-7-17-11/h4-7,9H,8H2,1-3H3. The van der Waals surface area contributed by atoms with Crippen molar-refractivity contribution in [3.05, 3.63) is 57.2 Å². The van der Waals surface area contributed by atoms with Gasteiger partial charge in [-0.05, 0) is 24.6 Å². The van der Waals surface area contributed by atoms with Gasteiger partial charge in [0.05, 0.1) is 28.8 Å². The van der Waals surface area contributed by atoms with Crippen molar-refractivity contribution in [1.29, 1.82) is 0 Å². The predicted octanol–water partition coefficient (Wildman–Crippen LogP) is 1.97. The fourth-order valence-electron chi connectivity index (χ4n) is 2.39. The number of rotatable bonds is 3. The third-order valence-corrected chi connectivity index (χ3v) is 4.86. The van der Waals surface area contributed by atoms with Crippen LogP contribution in [0.2, 0.25) is 0 Å². The maximum Gasteiger partial charge on any atom is 0.264 e. The largest absolute Gasteiger partial charge is 0.335 e. The van der Waals surface area contributed by atoms with Crippen molar-refractivity contribution in [3.8, 4) is 0 Å². The van der Waals surface area contributed by atoms with E-state index in [9.17, 15) is 9.59 Å². The van der Waals surface area contributed by atoms with E-state index >= 15 is 0 Å². The SMILES string of the molecule is Cc1c(C(=O)N(C)Cc2ccccn2)sc2ncn(C)c(=O)c12. The monoisotopic (exact) mass is 328 g/mol. The molecule has 0 saturated carbocycles. The number of hydrogen-bond acceptors (Lipinski definition) is 5. The molecule has 0 aliphatic rings. The summed E-state index contributed by atoms with van der Waals surface area (Å²) in [6.07, 6.45) is 3.18. The van der Waals surface area contributed by atoms with Crippen LogP contribution >= 0.6 is 11.3 Å². The second-order valence-corrected chi connectivity index (χ2v) is 6.38. The van der Waals surface area contributed by atoms with Crippen molar-refractivity contribution in [2.75, 3.05) is 7.05 Å². The lowest BCUT2D eigenvalue weighted by Gasteiger charge is -2.16. The summed E-state index contributed by atoms with van der Waals surface area (Å²) in [6, 6.07) is 5.60. The fraction of sp³-hybridized carbons (Fsp3) is 0.250. The number of amides is 1. The van der Waals surface area contributed by atoms with E-state index in [1.165, 1.54) is 22.2 Å². The summed E-state index contributed by atoms with van der Waals surface area (Å²) in [7, 11) is 3.38. The average molecular weight is 328 g/mol. The summed E-state index contributed by atoms with van der Waals surface area (Å²) in [5.74, 6) is -0.127. The number of carbonyl (C=O) groups excluding carboxylic acids is 1. The van der Waals surface area contributed by atoms with Gasteiger partial charge in [-0.2, -0.15) is 0 Å². The molecule has 0 radical (unpaired) electrons. The summed E-state index contributed by atoms with van der Waals surface area (Å²) < 4.78 is 1.42. The van der Waals surface area contributed by atoms with Crippen molar-refractivity contribution in [2.24, 2.45) is 7.05 Å². The van der Waals surface area contributed by atoms with Crippen molar-refractivity contribution in [1.82, 2.24) is 19.4 Å². The Morgan fingerprint density at radius 2 is 2.13 bits per heavy atom. The van der Waals surface area contributed by atoms with E-state index in [-0.39, 0.29) is 11.5 Å². The summed E-state index contributed by atoms with van der Waals surface area (Å²) >= 11 is 1.26. The van der Waals surface area contributed by atoms with Crippen LogP contribution in [0.15, 0.2) is 35.5 Å². The second-order valence-electron chi connectivity index (χ2n) is 5.38. The lowest BCUT2D eigenvalue weighted by molar-refractivity contribution is 0.0787. The molecular weight excluding hydrogens is 312 g/mol. The van der Waals surface area contributed by atoms with Gasteiger partial charge < -0.3 is 9.47 Å². The predicted molar refractivity (Wildman–Crippen MR) is 89.6 cm³/mol. The number of thiophene rings is 1. The Labute approximate surface area is 137 Å². The highest BCUT2D eigenvalue weighted by Crippen LogP contribution is 2.27. The molecule has 3 aromatic heterocycles. The topological polar surface area (TPSA) is 68.1 Å². The lowest BCUT2D eigenvalue weighted by atomic mass is 10.2.